The molecule has 0 aromatic carbocycles. The zero-order valence-corrected chi connectivity index (χ0v) is 6.33. The van der Waals surface area contributed by atoms with E-state index in [0.29, 0.717) is 0 Å². The molecule has 1 aliphatic heterocycles. The van der Waals surface area contributed by atoms with Crippen LogP contribution < -0.4 is 5.32 Å². The van der Waals surface area contributed by atoms with E-state index in [-0.39, 0.29) is 0 Å². The van der Waals surface area contributed by atoms with Crippen molar-refractivity contribution in [2.75, 3.05) is 6.61 Å². The van der Waals surface area contributed by atoms with Gasteiger partial charge in [-0.15, -0.1) is 0 Å². The first-order chi connectivity index (χ1) is 5.57. The van der Waals surface area contributed by atoms with Crippen LogP contribution in [-0.2, 0) is 0 Å². The molecule has 6 heteroatoms. The lowest BCUT2D eigenvalue weighted by Gasteiger charge is -2.19. The van der Waals surface area contributed by atoms with Gasteiger partial charge in [0.05, 0.1) is 18.8 Å². The average molecular weight is 179 g/mol. The highest BCUT2D eigenvalue weighted by atomic mass is 16.4. The summed E-state index contributed by atoms with van der Waals surface area (Å²) in [6, 6.07) is -0.889. The monoisotopic (exact) mass is 179 g/mol. The van der Waals surface area contributed by atoms with Crippen LogP contribution in [0.25, 0.3) is 0 Å². The fourth-order valence-corrected chi connectivity index (χ4v) is 1.25. The molecule has 0 saturated carbocycles. The van der Waals surface area contributed by atoms with Crippen molar-refractivity contribution in [1.29, 1.82) is 0 Å². The Hall–Kier alpha value is -0.240. The predicted molar refractivity (Wildman–Crippen MR) is 38.0 cm³/mol. The van der Waals surface area contributed by atoms with Crippen LogP contribution in [0.4, 0.5) is 0 Å². The Labute approximate surface area is 69.1 Å². The van der Waals surface area contributed by atoms with E-state index in [2.05, 4.69) is 5.32 Å². The Kier molecular flexibility index (Phi) is 2.99. The zero-order valence-electron chi connectivity index (χ0n) is 6.33. The van der Waals surface area contributed by atoms with Gasteiger partial charge in [0, 0.05) is 0 Å². The molecule has 5 atom stereocenters. The van der Waals surface area contributed by atoms with Gasteiger partial charge in [0.1, 0.15) is 18.4 Å². The van der Waals surface area contributed by atoms with Gasteiger partial charge in [-0.25, -0.2) is 0 Å². The molecule has 1 rings (SSSR count). The van der Waals surface area contributed by atoms with Crippen LogP contribution in [-0.4, -0.2) is 62.7 Å². The molecule has 1 heterocycles. The van der Waals surface area contributed by atoms with E-state index < -0.39 is 37.2 Å². The van der Waals surface area contributed by atoms with E-state index >= 15 is 0 Å². The Morgan fingerprint density at radius 2 is 1.75 bits per heavy atom. The van der Waals surface area contributed by atoms with Gasteiger partial charge in [0.2, 0.25) is 0 Å². The summed E-state index contributed by atoms with van der Waals surface area (Å²) in [4.78, 5) is 0. The zero-order chi connectivity index (χ0) is 9.30. The van der Waals surface area contributed by atoms with Crippen molar-refractivity contribution in [2.45, 2.75) is 30.6 Å². The molecular formula is C6H13NO5. The van der Waals surface area contributed by atoms with Crippen molar-refractivity contribution in [3.63, 3.8) is 0 Å². The number of aliphatic hydroxyl groups excluding tert-OH is 5. The molecule has 1 unspecified atom stereocenters. The van der Waals surface area contributed by atoms with Gasteiger partial charge in [-0.1, -0.05) is 0 Å². The quantitative estimate of drug-likeness (QED) is 0.260. The molecule has 0 spiro atoms. The van der Waals surface area contributed by atoms with Gasteiger partial charge in [-0.3, -0.25) is 5.32 Å². The molecule has 1 saturated heterocycles. The maximum Gasteiger partial charge on any atom is 0.134 e. The Balaban J connectivity index is 2.58. The van der Waals surface area contributed by atoms with Crippen LogP contribution >= 0.6 is 0 Å². The van der Waals surface area contributed by atoms with Crippen molar-refractivity contribution < 1.29 is 25.5 Å². The summed E-state index contributed by atoms with van der Waals surface area (Å²) in [6.07, 6.45) is -5.03. The van der Waals surface area contributed by atoms with E-state index in [1.165, 1.54) is 0 Å². The molecule has 0 aliphatic carbocycles. The van der Waals surface area contributed by atoms with Crippen LogP contribution in [0, 0.1) is 0 Å². The number of aliphatic hydroxyl groups is 5. The summed E-state index contributed by atoms with van der Waals surface area (Å²) >= 11 is 0. The smallest absolute Gasteiger partial charge is 0.134 e. The molecule has 0 radical (unpaired) electrons. The van der Waals surface area contributed by atoms with Crippen LogP contribution in [0.3, 0.4) is 0 Å². The van der Waals surface area contributed by atoms with E-state index in [4.69, 9.17) is 20.4 Å². The summed E-state index contributed by atoms with van der Waals surface area (Å²) in [5.41, 5.74) is 0. The van der Waals surface area contributed by atoms with Gasteiger partial charge in [0.15, 0.2) is 0 Å². The lowest BCUT2D eigenvalue weighted by molar-refractivity contribution is -0.0342. The maximum absolute atomic E-state index is 9.19. The Morgan fingerprint density at radius 3 is 2.08 bits per heavy atom. The van der Waals surface area contributed by atoms with E-state index in [0.717, 1.165) is 0 Å². The summed E-state index contributed by atoms with van der Waals surface area (Å²) in [5.74, 6) is 0. The number of hydrogen-bond donors (Lipinski definition) is 6. The van der Waals surface area contributed by atoms with Crippen LogP contribution in [0.2, 0.25) is 0 Å². The lowest BCUT2D eigenvalue weighted by atomic mass is 10.1. The minimum atomic E-state index is -1.32. The third-order valence-corrected chi connectivity index (χ3v) is 2.01. The average Bonchev–Trinajstić information content (AvgIpc) is 2.32. The predicted octanol–water partition coefficient (Wildman–Crippen LogP) is -3.65. The van der Waals surface area contributed by atoms with Gasteiger partial charge in [-0.05, 0) is 0 Å². The van der Waals surface area contributed by atoms with Gasteiger partial charge in [-0.2, -0.15) is 0 Å². The first kappa shape index (κ1) is 9.85. The van der Waals surface area contributed by atoms with Crippen LogP contribution in [0.1, 0.15) is 0 Å². The van der Waals surface area contributed by atoms with Crippen molar-refractivity contribution in [3.05, 3.63) is 0 Å². The SMILES string of the molecule is OC[C@@H](O)[C@H]1NC(O)[C@@H](O)[C@H]1O. The minimum absolute atomic E-state index is 0.534. The molecule has 0 bridgehead atoms. The molecule has 0 aromatic heterocycles. The third-order valence-electron chi connectivity index (χ3n) is 2.01. The molecule has 12 heavy (non-hydrogen) atoms. The summed E-state index contributed by atoms with van der Waals surface area (Å²) in [5, 5.41) is 47.1. The molecule has 6 nitrogen and oxygen atoms in total. The molecular weight excluding hydrogens is 166 g/mol. The molecule has 0 amide bonds. The Morgan fingerprint density at radius 1 is 1.17 bits per heavy atom. The third kappa shape index (κ3) is 1.58. The molecule has 1 aliphatic rings. The van der Waals surface area contributed by atoms with Crippen LogP contribution in [0.5, 0.6) is 0 Å². The van der Waals surface area contributed by atoms with Crippen LogP contribution in [0.15, 0.2) is 0 Å². The fourth-order valence-electron chi connectivity index (χ4n) is 1.25. The highest BCUT2D eigenvalue weighted by molar-refractivity contribution is 4.96. The number of hydrogen-bond acceptors (Lipinski definition) is 6. The van der Waals surface area contributed by atoms with Crippen molar-refractivity contribution in [1.82, 2.24) is 5.32 Å². The second-order valence-electron chi connectivity index (χ2n) is 2.87. The van der Waals surface area contributed by atoms with Gasteiger partial charge in [0.25, 0.3) is 0 Å². The van der Waals surface area contributed by atoms with Gasteiger partial charge >= 0.3 is 0 Å². The first-order valence-corrected chi connectivity index (χ1v) is 3.67. The largest absolute Gasteiger partial charge is 0.394 e. The van der Waals surface area contributed by atoms with Crippen molar-refractivity contribution >= 4 is 0 Å². The lowest BCUT2D eigenvalue weighted by Crippen LogP contribution is -2.45. The molecule has 72 valence electrons. The maximum atomic E-state index is 9.19. The highest BCUT2D eigenvalue weighted by Crippen LogP contribution is 2.15. The minimum Gasteiger partial charge on any atom is -0.394 e. The van der Waals surface area contributed by atoms with E-state index in [1.807, 2.05) is 0 Å². The highest BCUT2D eigenvalue weighted by Gasteiger charge is 2.43. The molecule has 1 fully saturated rings. The summed E-state index contributed by atoms with van der Waals surface area (Å²) < 4.78 is 0. The Bertz CT molecular complexity index is 155. The fraction of sp³-hybridized carbons (Fsp3) is 1.00. The second-order valence-corrected chi connectivity index (χ2v) is 2.87. The first-order valence-electron chi connectivity index (χ1n) is 3.67. The van der Waals surface area contributed by atoms with Crippen molar-refractivity contribution in [2.24, 2.45) is 0 Å². The molecule has 0 aromatic rings. The summed E-state index contributed by atoms with van der Waals surface area (Å²) in [7, 11) is 0. The second kappa shape index (κ2) is 3.65. The number of nitrogens with one attached hydrogen (secondary N) is 1. The normalized spacial score (nSPS) is 44.8. The van der Waals surface area contributed by atoms with Crippen molar-refractivity contribution in [3.8, 4) is 0 Å². The standard InChI is InChI=1S/C6H13NO5/c8-1-2(9)3-4(10)5(11)6(12)7-3/h2-12H,1H2/t2-,3-,4+,5+,6?/m1/s1. The topological polar surface area (TPSA) is 113 Å². The van der Waals surface area contributed by atoms with E-state index in [1.54, 1.807) is 0 Å². The summed E-state index contributed by atoms with van der Waals surface area (Å²) in [6.45, 7) is -0.534. The van der Waals surface area contributed by atoms with Gasteiger partial charge < -0.3 is 25.5 Å². The van der Waals surface area contributed by atoms with E-state index in [9.17, 15) is 5.11 Å². The molecule has 6 N–H and O–H groups in total. The number of rotatable bonds is 2.